The number of nitrogens with one attached hydrogen (secondary N) is 2. The second-order valence-corrected chi connectivity index (χ2v) is 8.32. The van der Waals surface area contributed by atoms with Crippen molar-refractivity contribution in [3.05, 3.63) is 28.2 Å². The molecule has 0 radical (unpaired) electrons. The summed E-state index contributed by atoms with van der Waals surface area (Å²) in [6, 6.07) is 4.39. The van der Waals surface area contributed by atoms with Crippen LogP contribution in [0.1, 0.15) is 42.4 Å². The summed E-state index contributed by atoms with van der Waals surface area (Å²) < 4.78 is 2.15. The third-order valence-corrected chi connectivity index (χ3v) is 5.88. The summed E-state index contributed by atoms with van der Waals surface area (Å²) in [6.45, 7) is 0. The number of thioether (sulfide) groups is 1. The number of carbonyl (C=O) groups is 2. The Morgan fingerprint density at radius 1 is 1.28 bits per heavy atom. The van der Waals surface area contributed by atoms with Crippen molar-refractivity contribution in [1.82, 2.24) is 25.4 Å². The number of rotatable bonds is 7. The first-order valence-electron chi connectivity index (χ1n) is 8.38. The number of aromatic nitrogens is 3. The lowest BCUT2D eigenvalue weighted by molar-refractivity contribution is -0.117. The lowest BCUT2D eigenvalue weighted by atomic mass is 10.3. The van der Waals surface area contributed by atoms with Gasteiger partial charge in [-0.25, -0.2) is 4.79 Å². The highest BCUT2D eigenvalue weighted by atomic mass is 32.2. The topological polar surface area (TPSA) is 88.9 Å². The van der Waals surface area contributed by atoms with Crippen molar-refractivity contribution in [2.24, 2.45) is 0 Å². The van der Waals surface area contributed by atoms with Gasteiger partial charge in [0.15, 0.2) is 5.16 Å². The highest BCUT2D eigenvalue weighted by Gasteiger charge is 2.30. The monoisotopic (exact) mass is 377 g/mol. The Morgan fingerprint density at radius 2 is 2.12 bits per heavy atom. The highest BCUT2D eigenvalue weighted by molar-refractivity contribution is 7.99. The van der Waals surface area contributed by atoms with Crippen molar-refractivity contribution in [1.29, 1.82) is 0 Å². The highest BCUT2D eigenvalue weighted by Crippen LogP contribution is 2.39. The van der Waals surface area contributed by atoms with Crippen molar-refractivity contribution in [3.8, 4) is 0 Å². The molecule has 2 aliphatic rings. The molecule has 2 fully saturated rings. The van der Waals surface area contributed by atoms with E-state index >= 15 is 0 Å². The van der Waals surface area contributed by atoms with Gasteiger partial charge in [0, 0.05) is 23.4 Å². The molecule has 0 unspecified atom stereocenters. The molecule has 9 heteroatoms. The summed E-state index contributed by atoms with van der Waals surface area (Å²) in [4.78, 5) is 24.8. The van der Waals surface area contributed by atoms with Crippen LogP contribution in [0.3, 0.4) is 0 Å². The molecule has 0 spiro atoms. The van der Waals surface area contributed by atoms with E-state index in [9.17, 15) is 9.59 Å². The standard InChI is InChI=1S/C16H19N5O2S2/c22-14(18-15(23)17-10-3-4-10)9-25-16-20-19-13(21(16)11-5-6-11)8-12-2-1-7-24-12/h1-2,7,10-11H,3-6,8-9H2,(H2,17,18,22,23). The fourth-order valence-corrected chi connectivity index (χ4v) is 4.06. The average molecular weight is 377 g/mol. The van der Waals surface area contributed by atoms with Gasteiger partial charge >= 0.3 is 6.03 Å². The van der Waals surface area contributed by atoms with Crippen LogP contribution < -0.4 is 10.6 Å². The number of imide groups is 1. The first-order chi connectivity index (χ1) is 12.2. The van der Waals surface area contributed by atoms with Gasteiger partial charge in [-0.1, -0.05) is 17.8 Å². The molecule has 0 atom stereocenters. The van der Waals surface area contributed by atoms with Crippen molar-refractivity contribution >= 4 is 35.0 Å². The molecule has 0 saturated heterocycles. The largest absolute Gasteiger partial charge is 0.335 e. The summed E-state index contributed by atoms with van der Waals surface area (Å²) in [7, 11) is 0. The van der Waals surface area contributed by atoms with Crippen molar-refractivity contribution in [3.63, 3.8) is 0 Å². The zero-order valence-corrected chi connectivity index (χ0v) is 15.2. The van der Waals surface area contributed by atoms with Crippen LogP contribution in [-0.4, -0.2) is 38.5 Å². The first kappa shape index (κ1) is 16.6. The van der Waals surface area contributed by atoms with E-state index in [-0.39, 0.29) is 17.7 Å². The van der Waals surface area contributed by atoms with Crippen LogP contribution in [0, 0.1) is 0 Å². The maximum Gasteiger partial charge on any atom is 0.321 e. The number of hydrogen-bond acceptors (Lipinski definition) is 6. The minimum Gasteiger partial charge on any atom is -0.335 e. The number of amides is 3. The maximum atomic E-state index is 11.9. The molecular formula is C16H19N5O2S2. The molecule has 0 aromatic carbocycles. The summed E-state index contributed by atoms with van der Waals surface area (Å²) in [6.07, 6.45) is 5.00. The van der Waals surface area contributed by atoms with Crippen LogP contribution in [0.4, 0.5) is 4.79 Å². The van der Waals surface area contributed by atoms with Gasteiger partial charge in [0.1, 0.15) is 5.82 Å². The Bertz CT molecular complexity index is 766. The van der Waals surface area contributed by atoms with E-state index in [1.165, 1.54) is 16.6 Å². The number of carbonyl (C=O) groups excluding carboxylic acids is 2. The summed E-state index contributed by atoms with van der Waals surface area (Å²) >= 11 is 3.04. The van der Waals surface area contributed by atoms with Crippen molar-refractivity contribution in [2.75, 3.05) is 5.75 Å². The van der Waals surface area contributed by atoms with Gasteiger partial charge in [0.2, 0.25) is 5.91 Å². The van der Waals surface area contributed by atoms with Crippen molar-refractivity contribution < 1.29 is 9.59 Å². The van der Waals surface area contributed by atoms with Crippen LogP contribution in [0.25, 0.3) is 0 Å². The molecule has 25 heavy (non-hydrogen) atoms. The zero-order chi connectivity index (χ0) is 17.2. The molecule has 2 N–H and O–H groups in total. The van der Waals surface area contributed by atoms with Crippen LogP contribution in [0.2, 0.25) is 0 Å². The van der Waals surface area contributed by atoms with Gasteiger partial charge in [-0.15, -0.1) is 21.5 Å². The second kappa shape index (κ2) is 7.17. The van der Waals surface area contributed by atoms with Gasteiger partial charge in [0.25, 0.3) is 0 Å². The average Bonchev–Trinajstić information content (AvgIpc) is 3.49. The second-order valence-electron chi connectivity index (χ2n) is 6.34. The number of nitrogens with zero attached hydrogens (tertiary/aromatic N) is 3. The van der Waals surface area contributed by atoms with Crippen LogP contribution in [-0.2, 0) is 11.2 Å². The fraction of sp³-hybridized carbons (Fsp3) is 0.500. The molecule has 2 aliphatic carbocycles. The molecular weight excluding hydrogens is 358 g/mol. The minimum absolute atomic E-state index is 0.155. The molecule has 2 aromatic rings. The number of thiophene rings is 1. The van der Waals surface area contributed by atoms with Crippen molar-refractivity contribution in [2.45, 2.75) is 49.3 Å². The fourth-order valence-electron chi connectivity index (χ4n) is 2.54. The van der Waals surface area contributed by atoms with Crippen LogP contribution in [0.5, 0.6) is 0 Å². The molecule has 0 aliphatic heterocycles. The summed E-state index contributed by atoms with van der Waals surface area (Å²) in [5.41, 5.74) is 0. The normalized spacial score (nSPS) is 16.6. The predicted molar refractivity (Wildman–Crippen MR) is 95.8 cm³/mol. The third-order valence-electron chi connectivity index (χ3n) is 4.06. The lowest BCUT2D eigenvalue weighted by Gasteiger charge is -2.08. The Morgan fingerprint density at radius 3 is 2.80 bits per heavy atom. The summed E-state index contributed by atoms with van der Waals surface area (Å²) in [5.74, 6) is 0.787. The molecule has 3 amide bonds. The Kier molecular flexibility index (Phi) is 4.76. The molecule has 2 saturated carbocycles. The van der Waals surface area contributed by atoms with E-state index < -0.39 is 6.03 Å². The van der Waals surface area contributed by atoms with Gasteiger partial charge in [-0.05, 0) is 37.1 Å². The third kappa shape index (κ3) is 4.40. The Hall–Kier alpha value is -1.87. The van der Waals surface area contributed by atoms with E-state index in [4.69, 9.17) is 0 Å². The van der Waals surface area contributed by atoms with E-state index in [0.717, 1.165) is 43.1 Å². The molecule has 4 rings (SSSR count). The minimum atomic E-state index is -0.407. The number of hydrogen-bond donors (Lipinski definition) is 2. The SMILES string of the molecule is O=C(CSc1nnc(Cc2cccs2)n1C1CC1)NC(=O)NC1CC1. The van der Waals surface area contributed by atoms with E-state index in [2.05, 4.69) is 36.8 Å². The lowest BCUT2D eigenvalue weighted by Crippen LogP contribution is -2.41. The quantitative estimate of drug-likeness (QED) is 0.723. The Balaban J connectivity index is 1.36. The zero-order valence-electron chi connectivity index (χ0n) is 13.6. The smallest absolute Gasteiger partial charge is 0.321 e. The van der Waals surface area contributed by atoms with E-state index in [0.29, 0.717) is 6.04 Å². The van der Waals surface area contributed by atoms with E-state index in [1.54, 1.807) is 11.3 Å². The van der Waals surface area contributed by atoms with Gasteiger partial charge in [0.05, 0.1) is 5.75 Å². The predicted octanol–water partition coefficient (Wildman–Crippen LogP) is 2.35. The number of urea groups is 1. The van der Waals surface area contributed by atoms with Crippen LogP contribution in [0.15, 0.2) is 22.7 Å². The summed E-state index contributed by atoms with van der Waals surface area (Å²) in [5, 5.41) is 16.5. The van der Waals surface area contributed by atoms with Gasteiger partial charge in [-0.2, -0.15) is 0 Å². The van der Waals surface area contributed by atoms with Crippen LogP contribution >= 0.6 is 23.1 Å². The first-order valence-corrected chi connectivity index (χ1v) is 10.2. The molecule has 132 valence electrons. The molecule has 2 heterocycles. The van der Waals surface area contributed by atoms with Gasteiger partial charge < -0.3 is 9.88 Å². The maximum absolute atomic E-state index is 11.9. The van der Waals surface area contributed by atoms with E-state index in [1.807, 2.05) is 6.07 Å². The van der Waals surface area contributed by atoms with Gasteiger partial charge in [-0.3, -0.25) is 10.1 Å². The molecule has 0 bridgehead atoms. The Labute approximate surface area is 153 Å². The molecule has 7 nitrogen and oxygen atoms in total. The molecule has 2 aromatic heterocycles.